The lowest BCUT2D eigenvalue weighted by Gasteiger charge is -2.21. The molecule has 7 heteroatoms. The summed E-state index contributed by atoms with van der Waals surface area (Å²) in [6.45, 7) is 6.15. The number of hydrogen-bond donors (Lipinski definition) is 0. The number of phosphoric ester groups is 1. The van der Waals surface area contributed by atoms with Crippen molar-refractivity contribution in [3.8, 4) is 0 Å². The average molecular weight is 388 g/mol. The van der Waals surface area contributed by atoms with Crippen LogP contribution in [0.15, 0.2) is 30.3 Å². The lowest BCUT2D eigenvalue weighted by Crippen LogP contribution is -2.26. The maximum Gasteiger partial charge on any atom is 0.474 e. The van der Waals surface area contributed by atoms with Crippen LogP contribution in [0.3, 0.4) is 0 Å². The van der Waals surface area contributed by atoms with Gasteiger partial charge in [-0.2, -0.15) is 0 Å². The molecule has 0 unspecified atom stereocenters. The van der Waals surface area contributed by atoms with Crippen molar-refractivity contribution in [3.63, 3.8) is 0 Å². The number of hydrogen-bond acceptors (Lipinski definition) is 6. The molecule has 6 nitrogen and oxygen atoms in total. The molecule has 0 radical (unpaired) electrons. The van der Waals surface area contributed by atoms with Crippen LogP contribution in [0.25, 0.3) is 0 Å². The summed E-state index contributed by atoms with van der Waals surface area (Å²) < 4.78 is 39.9. The van der Waals surface area contributed by atoms with Crippen molar-refractivity contribution < 1.29 is 27.6 Å². The Labute approximate surface area is 157 Å². The lowest BCUT2D eigenvalue weighted by atomic mass is 10.2. The van der Waals surface area contributed by atoms with Crippen molar-refractivity contribution in [1.29, 1.82) is 0 Å². The molecular formula is C19H33O6P. The lowest BCUT2D eigenvalue weighted by molar-refractivity contribution is -0.0451. The molecule has 0 aliphatic rings. The van der Waals surface area contributed by atoms with Crippen LogP contribution in [0.2, 0.25) is 0 Å². The zero-order valence-corrected chi connectivity index (χ0v) is 17.1. The smallest absolute Gasteiger partial charge is 0.379 e. The van der Waals surface area contributed by atoms with Gasteiger partial charge in [0.15, 0.2) is 0 Å². The first-order valence-corrected chi connectivity index (χ1v) is 10.8. The summed E-state index contributed by atoms with van der Waals surface area (Å²) in [5.74, 6) is 0. The molecular weight excluding hydrogens is 355 g/mol. The fourth-order valence-electron chi connectivity index (χ4n) is 2.04. The van der Waals surface area contributed by atoms with Crippen LogP contribution in [-0.2, 0) is 34.2 Å². The van der Waals surface area contributed by atoms with E-state index in [9.17, 15) is 4.57 Å². The molecule has 0 heterocycles. The van der Waals surface area contributed by atoms with Gasteiger partial charge in [0.25, 0.3) is 0 Å². The van der Waals surface area contributed by atoms with E-state index < -0.39 is 7.82 Å². The molecule has 0 aliphatic heterocycles. The van der Waals surface area contributed by atoms with E-state index in [1.807, 2.05) is 30.3 Å². The van der Waals surface area contributed by atoms with E-state index in [2.05, 4.69) is 13.8 Å². The Bertz CT molecular complexity index is 496. The Morgan fingerprint density at radius 3 is 2.31 bits per heavy atom. The van der Waals surface area contributed by atoms with Crippen LogP contribution in [0.1, 0.15) is 45.1 Å². The van der Waals surface area contributed by atoms with Gasteiger partial charge >= 0.3 is 7.82 Å². The monoisotopic (exact) mass is 388 g/mol. The second-order valence-corrected chi connectivity index (χ2v) is 7.74. The van der Waals surface area contributed by atoms with Gasteiger partial charge in [-0.25, -0.2) is 4.57 Å². The van der Waals surface area contributed by atoms with E-state index in [-0.39, 0.29) is 19.3 Å². The first kappa shape index (κ1) is 23.3. The minimum absolute atomic E-state index is 0.0930. The summed E-state index contributed by atoms with van der Waals surface area (Å²) in [5.41, 5.74) is 0.895. The molecule has 1 rings (SSSR count). The summed E-state index contributed by atoms with van der Waals surface area (Å²) >= 11 is 0. The SMILES string of the molecule is CCCCOC[C@H](CO[P@](=O)(OC)OCc1ccccc1)OCCCC. The molecule has 0 saturated heterocycles. The fraction of sp³-hybridized carbons (Fsp3) is 0.684. The number of ether oxygens (including phenoxy) is 2. The highest BCUT2D eigenvalue weighted by atomic mass is 31.2. The highest BCUT2D eigenvalue weighted by Gasteiger charge is 2.27. The number of benzene rings is 1. The minimum atomic E-state index is -3.64. The summed E-state index contributed by atoms with van der Waals surface area (Å²) in [6.07, 6.45) is 3.77. The number of unbranched alkanes of at least 4 members (excludes halogenated alkanes) is 2. The van der Waals surface area contributed by atoms with Crippen LogP contribution >= 0.6 is 7.82 Å². The first-order chi connectivity index (χ1) is 12.6. The van der Waals surface area contributed by atoms with Crippen molar-refractivity contribution in [2.45, 2.75) is 52.2 Å². The third-order valence-electron chi connectivity index (χ3n) is 3.67. The van der Waals surface area contributed by atoms with Gasteiger partial charge in [0.1, 0.15) is 6.10 Å². The zero-order valence-electron chi connectivity index (χ0n) is 16.2. The van der Waals surface area contributed by atoms with E-state index >= 15 is 0 Å². The Kier molecular flexibility index (Phi) is 12.8. The largest absolute Gasteiger partial charge is 0.474 e. The van der Waals surface area contributed by atoms with E-state index in [1.54, 1.807) is 0 Å². The molecule has 26 heavy (non-hydrogen) atoms. The molecule has 0 N–H and O–H groups in total. The van der Waals surface area contributed by atoms with Gasteiger partial charge in [0, 0.05) is 20.3 Å². The summed E-state index contributed by atoms with van der Waals surface area (Å²) in [7, 11) is -2.32. The second-order valence-electron chi connectivity index (χ2n) is 5.96. The molecule has 1 aromatic rings. The van der Waals surface area contributed by atoms with Crippen molar-refractivity contribution in [2.75, 3.05) is 33.5 Å². The highest BCUT2D eigenvalue weighted by molar-refractivity contribution is 7.48. The van der Waals surface area contributed by atoms with E-state index in [4.69, 9.17) is 23.0 Å². The second kappa shape index (κ2) is 14.3. The van der Waals surface area contributed by atoms with Crippen LogP contribution in [0, 0.1) is 0 Å². The standard InChI is InChI=1S/C19H33O6P/c1-4-6-13-22-16-19(23-14-7-5-2)17-25-26(20,21-3)24-15-18-11-9-8-10-12-18/h8-12,19H,4-7,13-17H2,1-3H3/t19-,26-/m1/s1. The maximum atomic E-state index is 12.6. The summed E-state index contributed by atoms with van der Waals surface area (Å²) in [5, 5.41) is 0. The zero-order chi connectivity index (χ0) is 19.1. The number of rotatable bonds is 16. The topological polar surface area (TPSA) is 63.2 Å². The molecule has 150 valence electrons. The Hall–Kier alpha value is -0.750. The van der Waals surface area contributed by atoms with Gasteiger partial charge < -0.3 is 9.47 Å². The van der Waals surface area contributed by atoms with Gasteiger partial charge in [0.2, 0.25) is 0 Å². The predicted octanol–water partition coefficient (Wildman–Crippen LogP) is 4.98. The molecule has 0 spiro atoms. The van der Waals surface area contributed by atoms with Gasteiger partial charge in [-0.1, -0.05) is 57.0 Å². The average Bonchev–Trinajstić information content (AvgIpc) is 2.68. The van der Waals surface area contributed by atoms with E-state index in [1.165, 1.54) is 7.11 Å². The van der Waals surface area contributed by atoms with Gasteiger partial charge in [-0.3, -0.25) is 13.6 Å². The molecule has 2 atom stereocenters. The molecule has 0 aromatic heterocycles. The molecule has 1 aromatic carbocycles. The summed E-state index contributed by atoms with van der Waals surface area (Å²) in [4.78, 5) is 0. The molecule has 0 amide bonds. The van der Waals surface area contributed by atoms with Gasteiger partial charge in [-0.15, -0.1) is 0 Å². The van der Waals surface area contributed by atoms with Crippen molar-refractivity contribution in [2.24, 2.45) is 0 Å². The van der Waals surface area contributed by atoms with Crippen molar-refractivity contribution in [1.82, 2.24) is 0 Å². The third kappa shape index (κ3) is 10.4. The van der Waals surface area contributed by atoms with Crippen LogP contribution in [0.5, 0.6) is 0 Å². The van der Waals surface area contributed by atoms with E-state index in [0.29, 0.717) is 19.8 Å². The molecule has 0 bridgehead atoms. The van der Waals surface area contributed by atoms with Gasteiger partial charge in [0.05, 0.1) is 19.8 Å². The first-order valence-electron chi connectivity index (χ1n) is 9.31. The maximum absolute atomic E-state index is 12.6. The van der Waals surface area contributed by atoms with Crippen molar-refractivity contribution >= 4 is 7.82 Å². The summed E-state index contributed by atoms with van der Waals surface area (Å²) in [6, 6.07) is 9.47. The fourth-order valence-corrected chi connectivity index (χ4v) is 2.99. The Balaban J connectivity index is 2.47. The van der Waals surface area contributed by atoms with Gasteiger partial charge in [-0.05, 0) is 18.4 Å². The van der Waals surface area contributed by atoms with Crippen molar-refractivity contribution in [3.05, 3.63) is 35.9 Å². The molecule has 0 aliphatic carbocycles. The highest BCUT2D eigenvalue weighted by Crippen LogP contribution is 2.49. The van der Waals surface area contributed by atoms with Crippen LogP contribution in [-0.4, -0.2) is 39.6 Å². The van der Waals surface area contributed by atoms with Crippen LogP contribution < -0.4 is 0 Å². The minimum Gasteiger partial charge on any atom is -0.379 e. The molecule has 0 saturated carbocycles. The molecule has 0 fully saturated rings. The van der Waals surface area contributed by atoms with Crippen LogP contribution in [0.4, 0.5) is 0 Å². The Morgan fingerprint density at radius 1 is 0.962 bits per heavy atom. The Morgan fingerprint density at radius 2 is 1.65 bits per heavy atom. The normalized spacial score (nSPS) is 14.9. The third-order valence-corrected chi connectivity index (χ3v) is 5.03. The number of phosphoric acid groups is 1. The quantitative estimate of drug-likeness (QED) is 0.294. The predicted molar refractivity (Wildman–Crippen MR) is 102 cm³/mol. The van der Waals surface area contributed by atoms with E-state index in [0.717, 1.165) is 31.2 Å².